The van der Waals surface area contributed by atoms with Crippen LogP contribution in [0.5, 0.6) is 0 Å². The molecular weight excluding hydrogens is 334 g/mol. The van der Waals surface area contributed by atoms with Gasteiger partial charge in [-0.05, 0) is 35.4 Å². The summed E-state index contributed by atoms with van der Waals surface area (Å²) in [5, 5.41) is 15.0. The van der Waals surface area contributed by atoms with Crippen molar-refractivity contribution < 1.29 is 9.21 Å². The lowest BCUT2D eigenvalue weighted by Gasteiger charge is -2.22. The first-order valence-electron chi connectivity index (χ1n) is 8.80. The number of nitrogens with zero attached hydrogens (tertiary/aromatic N) is 4. The largest absolute Gasteiger partial charge is 0.451 e. The van der Waals surface area contributed by atoms with Gasteiger partial charge in [0, 0.05) is 6.07 Å². The second-order valence-electron chi connectivity index (χ2n) is 6.49. The Labute approximate surface area is 149 Å². The van der Waals surface area contributed by atoms with Gasteiger partial charge in [-0.25, -0.2) is 4.68 Å². The molecule has 2 heterocycles. The first kappa shape index (κ1) is 16.4. The van der Waals surface area contributed by atoms with Crippen LogP contribution in [-0.4, -0.2) is 26.1 Å². The van der Waals surface area contributed by atoms with Crippen LogP contribution in [0.25, 0.3) is 11.0 Å². The van der Waals surface area contributed by atoms with E-state index in [4.69, 9.17) is 4.42 Å². The van der Waals surface area contributed by atoms with Crippen LogP contribution in [0.4, 0.5) is 0 Å². The minimum Gasteiger partial charge on any atom is -0.451 e. The third-order valence-electron chi connectivity index (χ3n) is 4.75. The summed E-state index contributed by atoms with van der Waals surface area (Å²) in [6, 6.07) is 8.33. The Morgan fingerprint density at radius 2 is 2.04 bits per heavy atom. The molecule has 1 aliphatic carbocycles. The first-order valence-corrected chi connectivity index (χ1v) is 8.80. The topological polar surface area (TPSA) is 103 Å². The maximum Gasteiger partial charge on any atom is 0.287 e. The Morgan fingerprint density at radius 1 is 1.23 bits per heavy atom. The van der Waals surface area contributed by atoms with Gasteiger partial charge in [-0.1, -0.05) is 31.4 Å². The summed E-state index contributed by atoms with van der Waals surface area (Å²) in [6.45, 7) is 0.179. The molecule has 1 saturated carbocycles. The quantitative estimate of drug-likeness (QED) is 0.771. The third kappa shape index (κ3) is 3.22. The maximum absolute atomic E-state index is 12.4. The average molecular weight is 353 g/mol. The molecule has 1 amide bonds. The Kier molecular flexibility index (Phi) is 4.47. The van der Waals surface area contributed by atoms with Crippen LogP contribution in [0, 0.1) is 0 Å². The molecule has 0 unspecified atom stereocenters. The van der Waals surface area contributed by atoms with Crippen LogP contribution in [0.2, 0.25) is 0 Å². The van der Waals surface area contributed by atoms with Crippen LogP contribution in [0.15, 0.2) is 39.5 Å². The van der Waals surface area contributed by atoms with Crippen molar-refractivity contribution in [3.63, 3.8) is 0 Å². The average Bonchev–Trinajstić information content (AvgIpc) is 3.15. The van der Waals surface area contributed by atoms with Crippen molar-refractivity contribution in [1.29, 1.82) is 0 Å². The zero-order valence-electron chi connectivity index (χ0n) is 14.2. The molecule has 1 aliphatic rings. The number of amides is 1. The van der Waals surface area contributed by atoms with E-state index in [0.717, 1.165) is 12.8 Å². The van der Waals surface area contributed by atoms with Crippen molar-refractivity contribution in [2.75, 3.05) is 0 Å². The van der Waals surface area contributed by atoms with Crippen LogP contribution in [0.3, 0.4) is 0 Å². The lowest BCUT2D eigenvalue weighted by molar-refractivity contribution is 0.0921. The summed E-state index contributed by atoms with van der Waals surface area (Å²) in [4.78, 5) is 24.5. The van der Waals surface area contributed by atoms with E-state index < -0.39 is 5.91 Å². The number of benzene rings is 1. The molecule has 0 atom stereocenters. The molecule has 4 rings (SSSR count). The fourth-order valence-electron chi connectivity index (χ4n) is 3.40. The lowest BCUT2D eigenvalue weighted by atomic mass is 9.95. The molecule has 3 aromatic rings. The molecule has 0 bridgehead atoms. The van der Waals surface area contributed by atoms with Gasteiger partial charge in [-0.15, -0.1) is 5.10 Å². The molecule has 2 aromatic heterocycles. The van der Waals surface area contributed by atoms with Gasteiger partial charge in [0.25, 0.3) is 5.91 Å². The van der Waals surface area contributed by atoms with E-state index in [1.807, 2.05) is 0 Å². The number of carbonyl (C=O) groups excluding carboxylic acids is 1. The van der Waals surface area contributed by atoms with Crippen molar-refractivity contribution in [2.45, 2.75) is 44.7 Å². The minimum atomic E-state index is -0.467. The standard InChI is InChI=1S/C18H19N5O3/c24-14-10-16(26-15-9-5-4-8-13(14)15)18(25)19-11-17-20-21-22-23(17)12-6-2-1-3-7-12/h4-5,8-10,12H,1-3,6-7,11H2,(H,19,25). The Bertz CT molecular complexity index is 988. The van der Waals surface area contributed by atoms with Gasteiger partial charge >= 0.3 is 0 Å². The molecule has 0 aliphatic heterocycles. The summed E-state index contributed by atoms with van der Waals surface area (Å²) >= 11 is 0. The minimum absolute atomic E-state index is 0.0228. The Hall–Kier alpha value is -3.03. The predicted octanol–water partition coefficient (Wildman–Crippen LogP) is 2.21. The third-order valence-corrected chi connectivity index (χ3v) is 4.75. The monoisotopic (exact) mass is 353 g/mol. The number of hydrogen-bond donors (Lipinski definition) is 1. The van der Waals surface area contributed by atoms with Gasteiger partial charge in [0.15, 0.2) is 17.0 Å². The molecule has 0 saturated heterocycles. The number of carbonyl (C=O) groups is 1. The van der Waals surface area contributed by atoms with Crippen molar-refractivity contribution >= 4 is 16.9 Å². The second-order valence-corrected chi connectivity index (χ2v) is 6.49. The van der Waals surface area contributed by atoms with Crippen molar-refractivity contribution in [1.82, 2.24) is 25.5 Å². The second kappa shape index (κ2) is 7.07. The van der Waals surface area contributed by atoms with E-state index in [9.17, 15) is 9.59 Å². The highest BCUT2D eigenvalue weighted by Crippen LogP contribution is 2.27. The van der Waals surface area contributed by atoms with Crippen LogP contribution < -0.4 is 10.7 Å². The molecular formula is C18H19N5O3. The van der Waals surface area contributed by atoms with Gasteiger partial charge < -0.3 is 9.73 Å². The lowest BCUT2D eigenvalue weighted by Crippen LogP contribution is -2.27. The van der Waals surface area contributed by atoms with Crippen molar-refractivity contribution in [3.8, 4) is 0 Å². The number of nitrogens with one attached hydrogen (secondary N) is 1. The van der Waals surface area contributed by atoms with Crippen molar-refractivity contribution in [3.05, 3.63) is 52.1 Å². The highest BCUT2D eigenvalue weighted by atomic mass is 16.3. The molecule has 0 radical (unpaired) electrons. The summed E-state index contributed by atoms with van der Waals surface area (Å²) < 4.78 is 7.35. The summed E-state index contributed by atoms with van der Waals surface area (Å²) in [7, 11) is 0. The molecule has 26 heavy (non-hydrogen) atoms. The van der Waals surface area contributed by atoms with Gasteiger partial charge in [0.2, 0.25) is 0 Å². The SMILES string of the molecule is O=C(NCc1nnnn1C1CCCCC1)c1cc(=O)c2ccccc2o1. The Morgan fingerprint density at radius 3 is 2.88 bits per heavy atom. The molecule has 1 aromatic carbocycles. The molecule has 0 spiro atoms. The van der Waals surface area contributed by atoms with Crippen LogP contribution >= 0.6 is 0 Å². The molecule has 8 nitrogen and oxygen atoms in total. The van der Waals surface area contributed by atoms with E-state index in [-0.39, 0.29) is 23.8 Å². The van der Waals surface area contributed by atoms with Gasteiger partial charge in [0.05, 0.1) is 18.0 Å². The van der Waals surface area contributed by atoms with E-state index in [0.29, 0.717) is 16.8 Å². The first-order chi connectivity index (χ1) is 12.7. The number of rotatable bonds is 4. The maximum atomic E-state index is 12.4. The highest BCUT2D eigenvalue weighted by molar-refractivity contribution is 5.93. The van der Waals surface area contributed by atoms with Gasteiger partial charge in [0.1, 0.15) is 5.58 Å². The van der Waals surface area contributed by atoms with E-state index in [2.05, 4.69) is 20.8 Å². The van der Waals surface area contributed by atoms with Crippen molar-refractivity contribution in [2.24, 2.45) is 0 Å². The number of fused-ring (bicyclic) bond motifs is 1. The number of aromatic nitrogens is 4. The Balaban J connectivity index is 1.50. The van der Waals surface area contributed by atoms with Crippen LogP contribution in [0.1, 0.15) is 54.5 Å². The fraction of sp³-hybridized carbons (Fsp3) is 0.389. The zero-order chi connectivity index (χ0) is 17.9. The number of para-hydroxylation sites is 1. The van der Waals surface area contributed by atoms with Gasteiger partial charge in [-0.3, -0.25) is 9.59 Å². The van der Waals surface area contributed by atoms with E-state index in [1.165, 1.54) is 25.3 Å². The van der Waals surface area contributed by atoms with E-state index >= 15 is 0 Å². The summed E-state index contributed by atoms with van der Waals surface area (Å²) in [5.74, 6) is 0.116. The molecule has 1 N–H and O–H groups in total. The number of hydrogen-bond acceptors (Lipinski definition) is 6. The fourth-order valence-corrected chi connectivity index (χ4v) is 3.40. The molecule has 8 heteroatoms. The highest BCUT2D eigenvalue weighted by Gasteiger charge is 2.20. The van der Waals surface area contributed by atoms with E-state index in [1.54, 1.807) is 28.9 Å². The molecule has 1 fully saturated rings. The predicted molar refractivity (Wildman–Crippen MR) is 93.6 cm³/mol. The van der Waals surface area contributed by atoms with Gasteiger partial charge in [-0.2, -0.15) is 0 Å². The smallest absolute Gasteiger partial charge is 0.287 e. The normalized spacial score (nSPS) is 15.2. The zero-order valence-corrected chi connectivity index (χ0v) is 14.2. The molecule has 134 valence electrons. The summed E-state index contributed by atoms with van der Waals surface area (Å²) in [5.41, 5.74) is 0.140. The summed E-state index contributed by atoms with van der Waals surface area (Å²) in [6.07, 6.45) is 5.67. The number of tetrazole rings is 1. The van der Waals surface area contributed by atoms with Crippen LogP contribution in [-0.2, 0) is 6.54 Å².